The zero-order valence-corrected chi connectivity index (χ0v) is 10.9. The van der Waals surface area contributed by atoms with Crippen LogP contribution in [0.5, 0.6) is 0 Å². The molecule has 1 aromatic carbocycles. The lowest BCUT2D eigenvalue weighted by Gasteiger charge is -2.09. The topological polar surface area (TPSA) is 63.2 Å². The predicted molar refractivity (Wildman–Crippen MR) is 63.5 cm³/mol. The number of nitrogens with one attached hydrogen (secondary N) is 1. The largest absolute Gasteiger partial charge is 0.326 e. The van der Waals surface area contributed by atoms with Crippen LogP contribution >= 0.6 is 22.3 Å². The van der Waals surface area contributed by atoms with Gasteiger partial charge in [-0.05, 0) is 24.6 Å². The van der Waals surface area contributed by atoms with Gasteiger partial charge in [-0.3, -0.25) is 4.79 Å². The minimum Gasteiger partial charge on any atom is -0.326 e. The molecule has 0 radical (unpaired) electrons. The van der Waals surface area contributed by atoms with Crippen molar-refractivity contribution in [3.05, 3.63) is 22.7 Å². The number of halogens is 2. The molecule has 1 N–H and O–H groups in total. The van der Waals surface area contributed by atoms with Crippen LogP contribution in [0.15, 0.2) is 17.0 Å². The predicted octanol–water partition coefficient (Wildman–Crippen LogP) is 2.53. The first-order chi connectivity index (χ1) is 7.21. The fourth-order valence-corrected chi connectivity index (χ4v) is 2.74. The van der Waals surface area contributed by atoms with Crippen molar-refractivity contribution in [2.24, 2.45) is 0 Å². The van der Waals surface area contributed by atoms with Gasteiger partial charge in [-0.15, -0.1) is 0 Å². The van der Waals surface area contributed by atoms with E-state index < -0.39 is 9.05 Å². The summed E-state index contributed by atoms with van der Waals surface area (Å²) in [7, 11) is 1.28. The van der Waals surface area contributed by atoms with E-state index in [-0.39, 0.29) is 15.8 Å². The first-order valence-corrected chi connectivity index (χ1v) is 6.93. The third-order valence-corrected chi connectivity index (χ3v) is 3.64. The Morgan fingerprint density at radius 1 is 1.38 bits per heavy atom. The van der Waals surface area contributed by atoms with Crippen LogP contribution < -0.4 is 5.32 Å². The number of carbonyl (C=O) groups excluding carboxylic acids is 1. The van der Waals surface area contributed by atoms with Crippen molar-refractivity contribution in [3.63, 3.8) is 0 Å². The van der Waals surface area contributed by atoms with E-state index in [0.29, 0.717) is 11.3 Å². The Hall–Kier alpha value is -0.780. The van der Waals surface area contributed by atoms with Gasteiger partial charge in [0.25, 0.3) is 9.05 Å². The van der Waals surface area contributed by atoms with Gasteiger partial charge in [0.2, 0.25) is 5.91 Å². The highest BCUT2D eigenvalue weighted by Crippen LogP contribution is 2.30. The van der Waals surface area contributed by atoms with Gasteiger partial charge in [0.15, 0.2) is 0 Å². The van der Waals surface area contributed by atoms with E-state index in [2.05, 4.69) is 5.32 Å². The van der Waals surface area contributed by atoms with Crippen LogP contribution in [0.2, 0.25) is 5.02 Å². The quantitative estimate of drug-likeness (QED) is 0.848. The maximum Gasteiger partial charge on any atom is 0.262 e. The van der Waals surface area contributed by atoms with Crippen molar-refractivity contribution in [1.82, 2.24) is 0 Å². The average Bonchev–Trinajstić information content (AvgIpc) is 2.06. The number of amides is 1. The summed E-state index contributed by atoms with van der Waals surface area (Å²) in [5.74, 6) is -0.302. The third-order valence-electron chi connectivity index (χ3n) is 1.85. The highest BCUT2D eigenvalue weighted by Gasteiger charge is 2.17. The molecule has 1 aromatic rings. The maximum absolute atomic E-state index is 11.2. The Labute approximate surface area is 103 Å². The van der Waals surface area contributed by atoms with Crippen LogP contribution in [0.4, 0.5) is 5.69 Å². The highest BCUT2D eigenvalue weighted by molar-refractivity contribution is 8.13. The first-order valence-electron chi connectivity index (χ1n) is 4.24. The summed E-state index contributed by atoms with van der Waals surface area (Å²) in [5, 5.41) is 2.52. The summed E-state index contributed by atoms with van der Waals surface area (Å²) in [6.45, 7) is 3.02. The van der Waals surface area contributed by atoms with E-state index >= 15 is 0 Å². The van der Waals surface area contributed by atoms with Crippen molar-refractivity contribution in [2.75, 3.05) is 5.32 Å². The number of hydrogen-bond acceptors (Lipinski definition) is 3. The zero-order valence-electron chi connectivity index (χ0n) is 8.54. The Balaban J connectivity index is 3.38. The summed E-state index contributed by atoms with van der Waals surface area (Å²) >= 11 is 5.75. The van der Waals surface area contributed by atoms with Crippen LogP contribution in [-0.2, 0) is 13.8 Å². The second-order valence-electron chi connectivity index (χ2n) is 3.22. The van der Waals surface area contributed by atoms with E-state index in [1.165, 1.54) is 19.1 Å². The monoisotopic (exact) mass is 281 g/mol. The van der Waals surface area contributed by atoms with Crippen LogP contribution in [-0.4, -0.2) is 14.3 Å². The lowest BCUT2D eigenvalue weighted by molar-refractivity contribution is -0.114. The first kappa shape index (κ1) is 13.3. The van der Waals surface area contributed by atoms with Gasteiger partial charge < -0.3 is 5.32 Å². The lowest BCUT2D eigenvalue weighted by atomic mass is 10.2. The summed E-state index contributed by atoms with van der Waals surface area (Å²) in [5.41, 5.74) is 1.03. The van der Waals surface area contributed by atoms with Gasteiger partial charge in [-0.2, -0.15) is 0 Å². The number of anilines is 1. The van der Waals surface area contributed by atoms with Gasteiger partial charge in [0.05, 0.1) is 5.02 Å². The SMILES string of the molecule is CC(=O)Nc1cc(S(=O)(=O)Cl)c(Cl)cc1C. The summed E-state index contributed by atoms with van der Waals surface area (Å²) in [6, 6.07) is 2.67. The molecule has 0 saturated heterocycles. The van der Waals surface area contributed by atoms with Crippen molar-refractivity contribution in [3.8, 4) is 0 Å². The molecular formula is C9H9Cl2NO3S. The van der Waals surface area contributed by atoms with Crippen molar-refractivity contribution >= 4 is 42.9 Å². The molecule has 0 fully saturated rings. The number of aryl methyl sites for hydroxylation is 1. The highest BCUT2D eigenvalue weighted by atomic mass is 35.7. The molecule has 88 valence electrons. The van der Waals surface area contributed by atoms with Gasteiger partial charge >= 0.3 is 0 Å². The smallest absolute Gasteiger partial charge is 0.262 e. The van der Waals surface area contributed by atoms with Gasteiger partial charge in [-0.25, -0.2) is 8.42 Å². The lowest BCUT2D eigenvalue weighted by Crippen LogP contribution is -2.08. The molecule has 0 bridgehead atoms. The zero-order chi connectivity index (χ0) is 12.5. The van der Waals surface area contributed by atoms with E-state index in [4.69, 9.17) is 22.3 Å². The van der Waals surface area contributed by atoms with Crippen LogP contribution in [0.1, 0.15) is 12.5 Å². The third kappa shape index (κ3) is 3.10. The van der Waals surface area contributed by atoms with Crippen molar-refractivity contribution in [2.45, 2.75) is 18.7 Å². The second-order valence-corrected chi connectivity index (χ2v) is 6.16. The van der Waals surface area contributed by atoms with E-state index in [9.17, 15) is 13.2 Å². The molecule has 0 spiro atoms. The summed E-state index contributed by atoms with van der Waals surface area (Å²) < 4.78 is 22.3. The fraction of sp³-hybridized carbons (Fsp3) is 0.222. The molecule has 0 aliphatic heterocycles. The molecule has 0 aliphatic carbocycles. The Morgan fingerprint density at radius 3 is 2.38 bits per heavy atom. The van der Waals surface area contributed by atoms with E-state index in [1.807, 2.05) is 0 Å². The molecule has 0 aliphatic rings. The van der Waals surface area contributed by atoms with Gasteiger partial charge in [0.1, 0.15) is 4.90 Å². The molecular weight excluding hydrogens is 273 g/mol. The standard InChI is InChI=1S/C9H9Cl2NO3S/c1-5-3-7(10)9(16(11,14)15)4-8(5)12-6(2)13/h3-4H,1-2H3,(H,12,13). The van der Waals surface area contributed by atoms with Crippen LogP contribution in [0.25, 0.3) is 0 Å². The van der Waals surface area contributed by atoms with Gasteiger partial charge in [-0.1, -0.05) is 11.6 Å². The summed E-state index contributed by atoms with van der Waals surface area (Å²) in [4.78, 5) is 10.7. The van der Waals surface area contributed by atoms with E-state index in [1.54, 1.807) is 6.92 Å². The minimum absolute atomic E-state index is 0.0293. The Bertz CT molecular complexity index is 540. The number of benzene rings is 1. The minimum atomic E-state index is -3.92. The molecule has 0 saturated carbocycles. The average molecular weight is 282 g/mol. The summed E-state index contributed by atoms with van der Waals surface area (Å²) in [6.07, 6.45) is 0. The van der Waals surface area contributed by atoms with Crippen molar-refractivity contribution < 1.29 is 13.2 Å². The second kappa shape index (κ2) is 4.61. The Morgan fingerprint density at radius 2 is 1.94 bits per heavy atom. The molecule has 16 heavy (non-hydrogen) atoms. The normalized spacial score (nSPS) is 11.2. The van der Waals surface area contributed by atoms with Crippen molar-refractivity contribution in [1.29, 1.82) is 0 Å². The molecule has 0 unspecified atom stereocenters. The number of hydrogen-bond donors (Lipinski definition) is 1. The molecule has 0 aromatic heterocycles. The number of rotatable bonds is 2. The molecule has 0 heterocycles. The molecule has 1 amide bonds. The molecule has 4 nitrogen and oxygen atoms in total. The molecule has 7 heteroatoms. The number of carbonyl (C=O) groups is 1. The van der Waals surface area contributed by atoms with Crippen LogP contribution in [0.3, 0.4) is 0 Å². The fourth-order valence-electron chi connectivity index (χ4n) is 1.16. The molecule has 1 rings (SSSR count). The van der Waals surface area contributed by atoms with E-state index in [0.717, 1.165) is 0 Å². The maximum atomic E-state index is 11.2. The Kier molecular flexibility index (Phi) is 3.83. The van der Waals surface area contributed by atoms with Crippen LogP contribution in [0, 0.1) is 6.92 Å². The van der Waals surface area contributed by atoms with Gasteiger partial charge in [0, 0.05) is 23.3 Å². The molecule has 0 atom stereocenters.